The highest BCUT2D eigenvalue weighted by molar-refractivity contribution is 5.87. The largest absolute Gasteiger partial charge is 0.478 e. The first-order valence-electron chi connectivity index (χ1n) is 20.5. The van der Waals surface area contributed by atoms with Crippen molar-refractivity contribution in [2.75, 3.05) is 6.54 Å². The number of benzene rings is 1. The number of carbonyl (C=O) groups is 2. The average molecular weight is 734 g/mol. The van der Waals surface area contributed by atoms with Gasteiger partial charge in [-0.25, -0.2) is 9.78 Å². The molecule has 9 nitrogen and oxygen atoms in total. The van der Waals surface area contributed by atoms with E-state index in [1.54, 1.807) is 6.07 Å². The number of fused-ring (bicyclic) bond motifs is 7. The third-order valence-corrected chi connectivity index (χ3v) is 16.3. The minimum Gasteiger partial charge on any atom is -0.478 e. The highest BCUT2D eigenvalue weighted by Gasteiger charge is 2.68. The lowest BCUT2D eigenvalue weighted by Crippen LogP contribution is -2.64. The minimum atomic E-state index is -1.03. The molecule has 0 bridgehead atoms. The summed E-state index contributed by atoms with van der Waals surface area (Å²) in [6, 6.07) is 11.2. The number of allylic oxidation sites excluding steroid dienone is 1. The molecule has 5 saturated carbocycles. The zero-order valence-corrected chi connectivity index (χ0v) is 32.8. The fraction of sp³-hybridized carbons (Fsp3) is 0.622. The van der Waals surface area contributed by atoms with Gasteiger partial charge in [-0.05, 0) is 153 Å². The summed E-state index contributed by atoms with van der Waals surface area (Å²) in [7, 11) is 0. The summed E-state index contributed by atoms with van der Waals surface area (Å²) in [5.41, 5.74) is 4.00. The number of aromatic nitrogens is 4. The standard InChI is InChI=1S/C45H59N5O4/c1-26(2)30-14-21-45(22-15-32-31(37(30)45)11-13-35-43(32,5)19-16-34-42(3,4)36(51)17-20-44(34,35)6)41(54)46-23-18-27-8-7-9-28(24-27)38-48-39(50-49-38)33-12-10-29(25-47-33)40(52)53/h7-10,12,24-25,30-32,34-37,51H,1,11,13-23H2,2-6H3,(H,46,54)(H,52,53)(H,48,49,50). The van der Waals surface area contributed by atoms with E-state index in [1.165, 1.54) is 43.5 Å². The van der Waals surface area contributed by atoms with Crippen molar-refractivity contribution in [3.63, 3.8) is 0 Å². The van der Waals surface area contributed by atoms with E-state index < -0.39 is 5.97 Å². The van der Waals surface area contributed by atoms with Crippen LogP contribution in [0.25, 0.3) is 22.9 Å². The van der Waals surface area contributed by atoms with Crippen LogP contribution < -0.4 is 5.32 Å². The second-order valence-electron chi connectivity index (χ2n) is 19.0. The predicted molar refractivity (Wildman–Crippen MR) is 209 cm³/mol. The molecule has 288 valence electrons. The number of carboxylic acid groups (broad SMARTS) is 1. The molecule has 4 N–H and O–H groups in total. The van der Waals surface area contributed by atoms with Crippen molar-refractivity contribution >= 4 is 11.9 Å². The van der Waals surface area contributed by atoms with Crippen LogP contribution >= 0.6 is 0 Å². The number of nitrogens with zero attached hydrogens (tertiary/aromatic N) is 3. The number of rotatable bonds is 8. The van der Waals surface area contributed by atoms with E-state index in [4.69, 9.17) is 0 Å². The Morgan fingerprint density at radius 1 is 0.944 bits per heavy atom. The SMILES string of the molecule is C=C(C)C1CCC2(C(=O)NCCc3cccc(-c4n[nH]c(-c5ccc(C(=O)O)cn5)n4)c3)CCC3C(CCC4C3(C)CCC3C(C)(C)C(O)CCC34C)C12. The third kappa shape index (κ3) is 5.77. The van der Waals surface area contributed by atoms with Crippen molar-refractivity contribution in [3.05, 3.63) is 65.9 Å². The van der Waals surface area contributed by atoms with Crippen LogP contribution in [0.15, 0.2) is 54.7 Å². The first-order chi connectivity index (χ1) is 25.7. The molecule has 0 radical (unpaired) electrons. The molecular formula is C45H59N5O4. The van der Waals surface area contributed by atoms with E-state index in [2.05, 4.69) is 78.8 Å². The van der Waals surface area contributed by atoms with Crippen molar-refractivity contribution in [1.82, 2.24) is 25.5 Å². The van der Waals surface area contributed by atoms with Gasteiger partial charge in [0.05, 0.1) is 17.1 Å². The number of pyridine rings is 1. The zero-order chi connectivity index (χ0) is 38.2. The lowest BCUT2D eigenvalue weighted by Gasteiger charge is -2.69. The number of aromatic amines is 1. The molecule has 9 heteroatoms. The third-order valence-electron chi connectivity index (χ3n) is 16.3. The highest BCUT2D eigenvalue weighted by atomic mass is 16.4. The van der Waals surface area contributed by atoms with Gasteiger partial charge >= 0.3 is 5.97 Å². The van der Waals surface area contributed by atoms with Gasteiger partial charge in [0.2, 0.25) is 5.91 Å². The van der Waals surface area contributed by atoms with Gasteiger partial charge in [-0.15, -0.1) is 0 Å². The average Bonchev–Trinajstić information content (AvgIpc) is 3.81. The Bertz CT molecular complexity index is 1940. The maximum Gasteiger partial charge on any atom is 0.337 e. The van der Waals surface area contributed by atoms with Crippen LogP contribution in [0, 0.1) is 57.2 Å². The molecule has 5 aliphatic carbocycles. The lowest BCUT2D eigenvalue weighted by molar-refractivity contribution is -0.216. The second kappa shape index (κ2) is 13.4. The monoisotopic (exact) mass is 733 g/mol. The van der Waals surface area contributed by atoms with Gasteiger partial charge in [0, 0.05) is 18.3 Å². The molecule has 2 aromatic heterocycles. The first kappa shape index (κ1) is 37.1. The Hall–Kier alpha value is -3.85. The summed E-state index contributed by atoms with van der Waals surface area (Å²) in [6.07, 6.45) is 12.9. The number of carbonyl (C=O) groups excluding carboxylic acids is 1. The molecule has 8 rings (SSSR count). The summed E-state index contributed by atoms with van der Waals surface area (Å²) < 4.78 is 0. The van der Waals surface area contributed by atoms with Crippen molar-refractivity contribution in [2.45, 2.75) is 111 Å². The number of nitrogens with one attached hydrogen (secondary N) is 2. The second-order valence-corrected chi connectivity index (χ2v) is 19.0. The fourth-order valence-corrected chi connectivity index (χ4v) is 13.7. The fourth-order valence-electron chi connectivity index (χ4n) is 13.7. The summed E-state index contributed by atoms with van der Waals surface area (Å²) in [5.74, 6) is 3.37. The molecule has 5 aliphatic rings. The maximum atomic E-state index is 14.6. The van der Waals surface area contributed by atoms with E-state index in [9.17, 15) is 19.8 Å². The molecule has 0 saturated heterocycles. The van der Waals surface area contributed by atoms with Gasteiger partial charge in [0.15, 0.2) is 11.6 Å². The smallest absolute Gasteiger partial charge is 0.337 e. The predicted octanol–water partition coefficient (Wildman–Crippen LogP) is 8.52. The van der Waals surface area contributed by atoms with Crippen LogP contribution in [0.3, 0.4) is 0 Å². The van der Waals surface area contributed by atoms with Crippen molar-refractivity contribution < 1.29 is 19.8 Å². The van der Waals surface area contributed by atoms with E-state index in [-0.39, 0.29) is 39.2 Å². The molecule has 0 aliphatic heterocycles. The number of amides is 1. The topological polar surface area (TPSA) is 141 Å². The molecule has 10 unspecified atom stereocenters. The number of carboxylic acids is 1. The Balaban J connectivity index is 0.964. The van der Waals surface area contributed by atoms with Crippen molar-refractivity contribution in [2.24, 2.45) is 57.2 Å². The first-order valence-corrected chi connectivity index (χ1v) is 20.5. The van der Waals surface area contributed by atoms with E-state index in [0.717, 1.165) is 49.7 Å². The normalized spacial score (nSPS) is 36.6. The Labute approximate surface area is 320 Å². The summed E-state index contributed by atoms with van der Waals surface area (Å²) >= 11 is 0. The van der Waals surface area contributed by atoms with Crippen LogP contribution in [0.1, 0.15) is 115 Å². The summed E-state index contributed by atoms with van der Waals surface area (Å²) in [6.45, 7) is 17.2. The number of hydrogen-bond donors (Lipinski definition) is 4. The maximum absolute atomic E-state index is 14.6. The number of aliphatic hydroxyl groups excluding tert-OH is 1. The number of H-pyrrole nitrogens is 1. The Morgan fingerprint density at radius 3 is 2.46 bits per heavy atom. The van der Waals surface area contributed by atoms with Crippen molar-refractivity contribution in [1.29, 1.82) is 0 Å². The number of hydrogen-bond acceptors (Lipinski definition) is 6. The van der Waals surface area contributed by atoms with E-state index in [1.807, 2.05) is 12.1 Å². The quantitative estimate of drug-likeness (QED) is 0.170. The van der Waals surface area contributed by atoms with Gasteiger partial charge in [-0.2, -0.15) is 5.10 Å². The van der Waals surface area contributed by atoms with Gasteiger partial charge in [-0.1, -0.05) is 58.0 Å². The minimum absolute atomic E-state index is 0.0425. The van der Waals surface area contributed by atoms with Crippen LogP contribution in [-0.2, 0) is 11.2 Å². The molecule has 2 heterocycles. The molecule has 1 aromatic carbocycles. The molecular weight excluding hydrogens is 675 g/mol. The highest BCUT2D eigenvalue weighted by Crippen LogP contribution is 2.73. The van der Waals surface area contributed by atoms with Gasteiger partial charge < -0.3 is 15.5 Å². The van der Waals surface area contributed by atoms with Crippen LogP contribution in [0.5, 0.6) is 0 Å². The van der Waals surface area contributed by atoms with Crippen LogP contribution in [0.2, 0.25) is 0 Å². The summed E-state index contributed by atoms with van der Waals surface area (Å²) in [4.78, 5) is 34.7. The van der Waals surface area contributed by atoms with E-state index in [0.29, 0.717) is 65.8 Å². The molecule has 3 aromatic rings. The van der Waals surface area contributed by atoms with Crippen LogP contribution in [-0.4, -0.2) is 54.9 Å². The van der Waals surface area contributed by atoms with E-state index >= 15 is 0 Å². The number of aliphatic hydroxyl groups is 1. The number of aromatic carboxylic acids is 1. The van der Waals surface area contributed by atoms with Crippen LogP contribution in [0.4, 0.5) is 0 Å². The molecule has 54 heavy (non-hydrogen) atoms. The van der Waals surface area contributed by atoms with Gasteiger partial charge in [0.25, 0.3) is 0 Å². The Kier molecular flexibility index (Phi) is 9.22. The van der Waals surface area contributed by atoms with Gasteiger partial charge in [-0.3, -0.25) is 14.9 Å². The lowest BCUT2D eigenvalue weighted by atomic mass is 9.36. The van der Waals surface area contributed by atoms with Gasteiger partial charge in [0.1, 0.15) is 5.69 Å². The summed E-state index contributed by atoms with van der Waals surface area (Å²) in [5, 5.41) is 31.1. The molecule has 10 atom stereocenters. The molecule has 0 spiro atoms. The zero-order valence-electron chi connectivity index (χ0n) is 32.8. The molecule has 1 amide bonds. The Morgan fingerprint density at radius 2 is 1.72 bits per heavy atom. The van der Waals surface area contributed by atoms with Crippen molar-refractivity contribution in [3.8, 4) is 22.9 Å². The molecule has 5 fully saturated rings.